The molecule has 1 heterocycles. The van der Waals surface area contributed by atoms with Gasteiger partial charge in [-0.1, -0.05) is 6.92 Å². The van der Waals surface area contributed by atoms with Crippen molar-refractivity contribution < 1.29 is 10.2 Å². The van der Waals surface area contributed by atoms with E-state index in [1.54, 1.807) is 6.92 Å². The van der Waals surface area contributed by atoms with E-state index in [4.69, 9.17) is 5.11 Å². The zero-order valence-corrected chi connectivity index (χ0v) is 12.8. The molecule has 0 radical (unpaired) electrons. The molecular weight excluding hydrogens is 298 g/mol. The van der Waals surface area contributed by atoms with Crippen LogP contribution in [0.5, 0.6) is 0 Å². The molecule has 0 aliphatic carbocycles. The molecule has 0 amide bonds. The molecule has 1 aromatic rings. The van der Waals surface area contributed by atoms with Crippen LogP contribution in [-0.4, -0.2) is 38.7 Å². The normalized spacial score (nSPS) is 14.8. The third-order valence-corrected chi connectivity index (χ3v) is 3.75. The lowest BCUT2D eigenvalue weighted by molar-refractivity contribution is 0.00242. The Balaban J connectivity index is 2.69. The predicted molar refractivity (Wildman–Crippen MR) is 74.4 cm³/mol. The fourth-order valence-corrected chi connectivity index (χ4v) is 2.40. The SMILES string of the molecule is CCc1nn(CC)c(CNCC(C)(O)CO)c1Br. The van der Waals surface area contributed by atoms with Crippen LogP contribution in [0.2, 0.25) is 0 Å². The standard InChI is InChI=1S/C12H22BrN3O2/c1-4-9-11(13)10(16(5-2)15-9)6-14-7-12(3,18)8-17/h14,17-18H,4-8H2,1-3H3. The van der Waals surface area contributed by atoms with E-state index < -0.39 is 5.60 Å². The molecule has 1 unspecified atom stereocenters. The van der Waals surface area contributed by atoms with Gasteiger partial charge in [-0.25, -0.2) is 0 Å². The maximum absolute atomic E-state index is 9.70. The zero-order chi connectivity index (χ0) is 13.8. The lowest BCUT2D eigenvalue weighted by Gasteiger charge is -2.20. The molecule has 0 aliphatic rings. The maximum atomic E-state index is 9.70. The summed E-state index contributed by atoms with van der Waals surface area (Å²) in [5.74, 6) is 0. The molecule has 18 heavy (non-hydrogen) atoms. The average molecular weight is 320 g/mol. The van der Waals surface area contributed by atoms with Crippen LogP contribution in [0, 0.1) is 0 Å². The van der Waals surface area contributed by atoms with Gasteiger partial charge in [0.05, 0.1) is 28.1 Å². The first kappa shape index (κ1) is 15.6. The Bertz CT molecular complexity index is 391. The second kappa shape index (κ2) is 6.65. The lowest BCUT2D eigenvalue weighted by Crippen LogP contribution is -2.40. The highest BCUT2D eigenvalue weighted by atomic mass is 79.9. The van der Waals surface area contributed by atoms with Crippen LogP contribution in [0.1, 0.15) is 32.2 Å². The fraction of sp³-hybridized carbons (Fsp3) is 0.750. The van der Waals surface area contributed by atoms with Gasteiger partial charge < -0.3 is 15.5 Å². The Labute approximate surface area is 116 Å². The Morgan fingerprint density at radius 1 is 1.44 bits per heavy atom. The first-order valence-corrected chi connectivity index (χ1v) is 7.02. The number of rotatable bonds is 7. The molecule has 1 aromatic heterocycles. The van der Waals surface area contributed by atoms with Crippen LogP contribution >= 0.6 is 15.9 Å². The number of aliphatic hydroxyl groups is 2. The van der Waals surface area contributed by atoms with Crippen molar-refractivity contribution in [2.24, 2.45) is 0 Å². The topological polar surface area (TPSA) is 70.3 Å². The summed E-state index contributed by atoms with van der Waals surface area (Å²) >= 11 is 3.57. The Kier molecular flexibility index (Phi) is 5.78. The molecule has 0 fully saturated rings. The molecule has 1 atom stereocenters. The van der Waals surface area contributed by atoms with Crippen LogP contribution in [-0.2, 0) is 19.5 Å². The molecular formula is C12H22BrN3O2. The molecule has 5 nitrogen and oxygen atoms in total. The van der Waals surface area contributed by atoms with Gasteiger partial charge in [0.25, 0.3) is 0 Å². The molecule has 0 aliphatic heterocycles. The van der Waals surface area contributed by atoms with Gasteiger partial charge in [-0.2, -0.15) is 5.10 Å². The highest BCUT2D eigenvalue weighted by Crippen LogP contribution is 2.22. The van der Waals surface area contributed by atoms with Crippen molar-refractivity contribution in [2.45, 2.75) is 45.9 Å². The van der Waals surface area contributed by atoms with Gasteiger partial charge in [-0.05, 0) is 36.2 Å². The summed E-state index contributed by atoms with van der Waals surface area (Å²) in [5.41, 5.74) is 1.03. The molecule has 3 N–H and O–H groups in total. The molecule has 0 bridgehead atoms. The van der Waals surface area contributed by atoms with E-state index in [9.17, 15) is 5.11 Å². The monoisotopic (exact) mass is 319 g/mol. The Morgan fingerprint density at radius 2 is 2.11 bits per heavy atom. The number of halogens is 1. The van der Waals surface area contributed by atoms with Gasteiger partial charge in [0, 0.05) is 19.6 Å². The summed E-state index contributed by atoms with van der Waals surface area (Å²) in [5, 5.41) is 26.3. The van der Waals surface area contributed by atoms with E-state index in [-0.39, 0.29) is 6.61 Å². The molecule has 0 saturated heterocycles. The van der Waals surface area contributed by atoms with Gasteiger partial charge >= 0.3 is 0 Å². The van der Waals surface area contributed by atoms with Crippen molar-refractivity contribution in [3.8, 4) is 0 Å². The van der Waals surface area contributed by atoms with Crippen LogP contribution in [0.3, 0.4) is 0 Å². The van der Waals surface area contributed by atoms with Crippen LogP contribution < -0.4 is 5.32 Å². The first-order chi connectivity index (χ1) is 8.45. The number of nitrogens with zero attached hydrogens (tertiary/aromatic N) is 2. The van der Waals surface area contributed by atoms with Gasteiger partial charge in [-0.3, -0.25) is 4.68 Å². The quantitative estimate of drug-likeness (QED) is 0.703. The lowest BCUT2D eigenvalue weighted by atomic mass is 10.1. The third-order valence-electron chi connectivity index (χ3n) is 2.83. The summed E-state index contributed by atoms with van der Waals surface area (Å²) in [6.07, 6.45) is 0.884. The van der Waals surface area contributed by atoms with Gasteiger partial charge in [0.2, 0.25) is 0 Å². The molecule has 0 saturated carbocycles. The van der Waals surface area contributed by atoms with E-state index in [0.29, 0.717) is 13.1 Å². The van der Waals surface area contributed by atoms with Gasteiger partial charge in [0.1, 0.15) is 0 Å². The largest absolute Gasteiger partial charge is 0.393 e. The average Bonchev–Trinajstić information content (AvgIpc) is 2.66. The Morgan fingerprint density at radius 3 is 2.61 bits per heavy atom. The summed E-state index contributed by atoms with van der Waals surface area (Å²) < 4.78 is 2.98. The van der Waals surface area contributed by atoms with Crippen LogP contribution in [0.4, 0.5) is 0 Å². The molecule has 0 aromatic carbocycles. The highest BCUT2D eigenvalue weighted by molar-refractivity contribution is 9.10. The number of aromatic nitrogens is 2. The minimum Gasteiger partial charge on any atom is -0.393 e. The molecule has 104 valence electrons. The van der Waals surface area contributed by atoms with Crippen molar-refractivity contribution in [1.29, 1.82) is 0 Å². The number of hydrogen-bond acceptors (Lipinski definition) is 4. The van der Waals surface area contributed by atoms with Crippen molar-refractivity contribution in [3.05, 3.63) is 15.9 Å². The number of nitrogens with one attached hydrogen (secondary N) is 1. The minimum absolute atomic E-state index is 0.256. The number of hydrogen-bond donors (Lipinski definition) is 3. The van der Waals surface area contributed by atoms with E-state index >= 15 is 0 Å². The molecule has 6 heteroatoms. The van der Waals surface area contributed by atoms with E-state index in [1.165, 1.54) is 0 Å². The van der Waals surface area contributed by atoms with E-state index in [2.05, 4.69) is 33.3 Å². The molecule has 0 spiro atoms. The second-order valence-electron chi connectivity index (χ2n) is 4.64. The second-order valence-corrected chi connectivity index (χ2v) is 5.43. The maximum Gasteiger partial charge on any atom is 0.0972 e. The van der Waals surface area contributed by atoms with Crippen molar-refractivity contribution in [3.63, 3.8) is 0 Å². The van der Waals surface area contributed by atoms with Crippen molar-refractivity contribution in [2.75, 3.05) is 13.2 Å². The van der Waals surface area contributed by atoms with Gasteiger partial charge in [-0.15, -0.1) is 0 Å². The van der Waals surface area contributed by atoms with Crippen molar-refractivity contribution >= 4 is 15.9 Å². The van der Waals surface area contributed by atoms with E-state index in [0.717, 1.165) is 28.8 Å². The Hall–Kier alpha value is -0.430. The molecule has 1 rings (SSSR count). The highest BCUT2D eigenvalue weighted by Gasteiger charge is 2.19. The number of aliphatic hydroxyl groups excluding tert-OH is 1. The zero-order valence-electron chi connectivity index (χ0n) is 11.2. The van der Waals surface area contributed by atoms with Crippen molar-refractivity contribution in [1.82, 2.24) is 15.1 Å². The smallest absolute Gasteiger partial charge is 0.0972 e. The van der Waals surface area contributed by atoms with E-state index in [1.807, 2.05) is 11.6 Å². The fourth-order valence-electron chi connectivity index (χ4n) is 1.69. The third kappa shape index (κ3) is 3.78. The summed E-state index contributed by atoms with van der Waals surface area (Å²) in [4.78, 5) is 0. The van der Waals surface area contributed by atoms with Crippen LogP contribution in [0.25, 0.3) is 0 Å². The first-order valence-electron chi connectivity index (χ1n) is 6.23. The predicted octanol–water partition coefficient (Wildman–Crippen LogP) is 1.06. The summed E-state index contributed by atoms with van der Waals surface area (Å²) in [7, 11) is 0. The number of aryl methyl sites for hydroxylation is 2. The van der Waals surface area contributed by atoms with Gasteiger partial charge in [0.15, 0.2) is 0 Å². The van der Waals surface area contributed by atoms with Crippen LogP contribution in [0.15, 0.2) is 4.47 Å². The summed E-state index contributed by atoms with van der Waals surface area (Å²) in [6, 6.07) is 0. The summed E-state index contributed by atoms with van der Waals surface area (Å²) in [6.45, 7) is 7.22. The minimum atomic E-state index is -1.09.